The molecule has 9 heteroatoms. The number of aryl methyl sites for hydroxylation is 1. The number of nitrogens with zero attached hydrogens (tertiary/aromatic N) is 5. The van der Waals surface area contributed by atoms with Crippen molar-refractivity contribution in [1.82, 2.24) is 19.7 Å². The molecule has 5 rings (SSSR count). The molecule has 0 saturated heterocycles. The van der Waals surface area contributed by atoms with E-state index in [1.807, 2.05) is 11.9 Å². The van der Waals surface area contributed by atoms with Crippen molar-refractivity contribution in [2.75, 3.05) is 11.9 Å². The molecule has 178 valence electrons. The molecule has 0 spiro atoms. The topological polar surface area (TPSA) is 84.1 Å². The highest BCUT2D eigenvalue weighted by Gasteiger charge is 2.45. The highest BCUT2D eigenvalue weighted by atomic mass is 19.3. The number of halogens is 2. The van der Waals surface area contributed by atoms with Crippen LogP contribution in [0.4, 0.5) is 14.6 Å². The molecule has 3 aromatic rings. The Bertz CT molecular complexity index is 1240. The monoisotopic (exact) mass is 467 g/mol. The van der Waals surface area contributed by atoms with Gasteiger partial charge in [0.25, 0.3) is 5.56 Å². The predicted molar refractivity (Wildman–Crippen MR) is 125 cm³/mol. The molecular weight excluding hydrogens is 440 g/mol. The summed E-state index contributed by atoms with van der Waals surface area (Å²) in [7, 11) is 3.59. The van der Waals surface area contributed by atoms with Gasteiger partial charge in [0.15, 0.2) is 11.6 Å². The third kappa shape index (κ3) is 4.38. The molecule has 2 bridgehead atoms. The molecule has 0 aliphatic heterocycles. The maximum absolute atomic E-state index is 13.9. The summed E-state index contributed by atoms with van der Waals surface area (Å²) in [5.41, 5.74) is 1.71. The van der Waals surface area contributed by atoms with Crippen LogP contribution in [0.1, 0.15) is 32.1 Å². The zero-order valence-electron chi connectivity index (χ0n) is 19.2. The summed E-state index contributed by atoms with van der Waals surface area (Å²) in [4.78, 5) is 18.3. The molecule has 2 aromatic heterocycles. The molecule has 2 fully saturated rings. The van der Waals surface area contributed by atoms with E-state index >= 15 is 0 Å². The summed E-state index contributed by atoms with van der Waals surface area (Å²) in [6.07, 6.45) is 5.56. The van der Waals surface area contributed by atoms with Crippen molar-refractivity contribution in [2.45, 2.75) is 44.1 Å². The van der Waals surface area contributed by atoms with Crippen LogP contribution in [0.2, 0.25) is 0 Å². The summed E-state index contributed by atoms with van der Waals surface area (Å²) in [6.45, 7) is 0. The quantitative estimate of drug-likeness (QED) is 0.617. The second-order valence-corrected chi connectivity index (χ2v) is 9.70. The van der Waals surface area contributed by atoms with Gasteiger partial charge < -0.3 is 14.6 Å². The van der Waals surface area contributed by atoms with Gasteiger partial charge in [-0.3, -0.25) is 4.79 Å². The van der Waals surface area contributed by atoms with Crippen LogP contribution in [-0.2, 0) is 7.05 Å². The molecule has 2 aliphatic rings. The van der Waals surface area contributed by atoms with Crippen LogP contribution < -0.4 is 10.5 Å². The first-order chi connectivity index (χ1) is 16.2. The van der Waals surface area contributed by atoms with Crippen molar-refractivity contribution >= 4 is 5.82 Å². The van der Waals surface area contributed by atoms with Gasteiger partial charge in [0.1, 0.15) is 5.75 Å². The van der Waals surface area contributed by atoms with Gasteiger partial charge in [0.2, 0.25) is 5.92 Å². The first kappa shape index (κ1) is 22.4. The van der Waals surface area contributed by atoms with Crippen molar-refractivity contribution in [2.24, 2.45) is 18.9 Å². The number of fused-ring (bicyclic) bond motifs is 2. The summed E-state index contributed by atoms with van der Waals surface area (Å²) >= 11 is 0. The molecule has 2 saturated carbocycles. The molecule has 3 atom stereocenters. The van der Waals surface area contributed by atoms with E-state index in [1.54, 1.807) is 43.7 Å². The molecule has 0 radical (unpaired) electrons. The van der Waals surface area contributed by atoms with Gasteiger partial charge in [0, 0.05) is 45.2 Å². The normalized spacial score (nSPS) is 23.5. The predicted octanol–water partition coefficient (Wildman–Crippen LogP) is 4.26. The number of aromatic hydroxyl groups is 1. The molecule has 7 nitrogen and oxygen atoms in total. The Morgan fingerprint density at radius 1 is 1.06 bits per heavy atom. The SMILES string of the molecule is CN(c1cnc(-c2ccc(-c3ccn(C)c(=O)c3)cc2O)nn1)[C@H]1C[C@H]2C[C@@H](C1)CC(F)(F)C2. The Morgan fingerprint density at radius 2 is 1.76 bits per heavy atom. The Hall–Kier alpha value is -3.36. The van der Waals surface area contributed by atoms with Crippen LogP contribution in [0.25, 0.3) is 22.5 Å². The zero-order chi connectivity index (χ0) is 24.0. The van der Waals surface area contributed by atoms with Crippen LogP contribution in [0, 0.1) is 11.8 Å². The Kier molecular flexibility index (Phi) is 5.58. The second kappa shape index (κ2) is 8.45. The number of alkyl halides is 2. The van der Waals surface area contributed by atoms with Gasteiger partial charge in [-0.1, -0.05) is 6.07 Å². The fourth-order valence-corrected chi connectivity index (χ4v) is 5.48. The molecule has 0 unspecified atom stereocenters. The number of benzene rings is 1. The van der Waals surface area contributed by atoms with Gasteiger partial charge in [0.05, 0.1) is 11.8 Å². The van der Waals surface area contributed by atoms with Gasteiger partial charge in [-0.15, -0.1) is 10.2 Å². The highest BCUT2D eigenvalue weighted by molar-refractivity contribution is 5.72. The van der Waals surface area contributed by atoms with Crippen molar-refractivity contribution in [1.29, 1.82) is 0 Å². The minimum atomic E-state index is -2.53. The zero-order valence-corrected chi connectivity index (χ0v) is 19.2. The third-order valence-electron chi connectivity index (χ3n) is 7.19. The summed E-state index contributed by atoms with van der Waals surface area (Å²) in [6, 6.07) is 8.52. The molecule has 0 amide bonds. The molecule has 34 heavy (non-hydrogen) atoms. The molecule has 2 aliphatic carbocycles. The van der Waals surface area contributed by atoms with Crippen molar-refractivity contribution in [3.8, 4) is 28.3 Å². The number of aromatic nitrogens is 4. The van der Waals surface area contributed by atoms with E-state index in [0.29, 0.717) is 22.5 Å². The number of phenols is 1. The lowest BCUT2D eigenvalue weighted by atomic mass is 9.68. The van der Waals surface area contributed by atoms with E-state index in [4.69, 9.17) is 0 Å². The minimum Gasteiger partial charge on any atom is -0.507 e. The van der Waals surface area contributed by atoms with Gasteiger partial charge in [-0.05, 0) is 60.4 Å². The van der Waals surface area contributed by atoms with Crippen LogP contribution in [0.3, 0.4) is 0 Å². The van der Waals surface area contributed by atoms with E-state index in [9.17, 15) is 18.7 Å². The number of phenolic OH excluding ortho intramolecular Hbond substituents is 1. The maximum Gasteiger partial charge on any atom is 0.250 e. The van der Waals surface area contributed by atoms with Crippen LogP contribution >= 0.6 is 0 Å². The minimum absolute atomic E-state index is 0.0119. The fraction of sp³-hybridized carbons (Fsp3) is 0.440. The largest absolute Gasteiger partial charge is 0.507 e. The summed E-state index contributed by atoms with van der Waals surface area (Å²) < 4.78 is 29.3. The lowest BCUT2D eigenvalue weighted by molar-refractivity contribution is -0.0866. The van der Waals surface area contributed by atoms with Gasteiger partial charge in [-0.25, -0.2) is 13.8 Å². The van der Waals surface area contributed by atoms with Gasteiger partial charge in [-0.2, -0.15) is 0 Å². The average Bonchev–Trinajstić information content (AvgIpc) is 2.79. The van der Waals surface area contributed by atoms with E-state index in [2.05, 4.69) is 15.2 Å². The molecule has 1 aromatic carbocycles. The number of hydrogen-bond acceptors (Lipinski definition) is 6. The number of hydrogen-bond donors (Lipinski definition) is 1. The van der Waals surface area contributed by atoms with Gasteiger partial charge >= 0.3 is 0 Å². The van der Waals surface area contributed by atoms with E-state index in [-0.39, 0.29) is 47.9 Å². The van der Waals surface area contributed by atoms with Crippen LogP contribution in [0.5, 0.6) is 5.75 Å². The van der Waals surface area contributed by atoms with E-state index in [0.717, 1.165) is 19.3 Å². The van der Waals surface area contributed by atoms with Crippen molar-refractivity contribution < 1.29 is 13.9 Å². The highest BCUT2D eigenvalue weighted by Crippen LogP contribution is 2.48. The maximum atomic E-state index is 13.9. The molecule has 1 N–H and O–H groups in total. The third-order valence-corrected chi connectivity index (χ3v) is 7.19. The smallest absolute Gasteiger partial charge is 0.250 e. The van der Waals surface area contributed by atoms with E-state index in [1.165, 1.54) is 10.6 Å². The van der Waals surface area contributed by atoms with Crippen molar-refractivity contribution in [3.63, 3.8) is 0 Å². The summed E-state index contributed by atoms with van der Waals surface area (Å²) in [5, 5.41) is 19.1. The van der Waals surface area contributed by atoms with E-state index < -0.39 is 5.92 Å². The Labute approximate surface area is 196 Å². The first-order valence-electron chi connectivity index (χ1n) is 11.5. The lowest BCUT2D eigenvalue weighted by Crippen LogP contribution is -2.45. The molecular formula is C25H27F2N5O2. The van der Waals surface area contributed by atoms with Crippen LogP contribution in [0.15, 0.2) is 47.5 Å². The average molecular weight is 468 g/mol. The van der Waals surface area contributed by atoms with Crippen LogP contribution in [-0.4, -0.2) is 43.9 Å². The number of pyridine rings is 1. The lowest BCUT2D eigenvalue weighted by Gasteiger charge is -2.45. The summed E-state index contributed by atoms with van der Waals surface area (Å²) in [5.74, 6) is -1.61. The Balaban J connectivity index is 1.32. The first-order valence-corrected chi connectivity index (χ1v) is 11.5. The Morgan fingerprint density at radius 3 is 2.38 bits per heavy atom. The standard InChI is InChI=1S/C25H27F2N5O2/c1-31-6-5-18(11-23(31)34)17-3-4-20(21(33)10-17)24-28-14-22(29-30-24)32(2)19-8-15-7-16(9-19)13-25(26,27)12-15/h3-6,10-11,14-16,19,33H,7-9,12-13H2,1-2H3/t15-,16+,19+. The van der Waals surface area contributed by atoms with Crippen molar-refractivity contribution in [3.05, 3.63) is 53.1 Å². The second-order valence-electron chi connectivity index (χ2n) is 9.70. The number of anilines is 1. The fourth-order valence-electron chi connectivity index (χ4n) is 5.48. The molecule has 2 heterocycles. The number of rotatable bonds is 4.